The average molecular weight is 307 g/mol. The normalized spacial score (nSPS) is 16.2. The van der Waals surface area contributed by atoms with Crippen LogP contribution in [0.3, 0.4) is 0 Å². The lowest BCUT2D eigenvalue weighted by Gasteiger charge is -2.26. The third-order valence-corrected chi connectivity index (χ3v) is 4.27. The maximum absolute atomic E-state index is 10.2. The van der Waals surface area contributed by atoms with Gasteiger partial charge in [-0.3, -0.25) is 0 Å². The summed E-state index contributed by atoms with van der Waals surface area (Å²) in [5, 5.41) is 10.2. The Morgan fingerprint density at radius 1 is 1.23 bits per heavy atom. The predicted octanol–water partition coefficient (Wildman–Crippen LogP) is 3.97. The minimum absolute atomic E-state index is 0.0949. The lowest BCUT2D eigenvalue weighted by Crippen LogP contribution is -2.34. The van der Waals surface area contributed by atoms with Crippen LogP contribution in [0.4, 0.5) is 0 Å². The highest BCUT2D eigenvalue weighted by Crippen LogP contribution is 2.34. The molecule has 0 bridgehead atoms. The van der Waals surface area contributed by atoms with E-state index in [9.17, 15) is 5.11 Å². The van der Waals surface area contributed by atoms with Crippen LogP contribution in [0.15, 0.2) is 18.2 Å². The summed E-state index contributed by atoms with van der Waals surface area (Å²) < 4.78 is 5.78. The van der Waals surface area contributed by atoms with Gasteiger partial charge < -0.3 is 15.6 Å². The summed E-state index contributed by atoms with van der Waals surface area (Å²) in [6.45, 7) is 13.4. The van der Waals surface area contributed by atoms with E-state index in [4.69, 9.17) is 10.5 Å². The van der Waals surface area contributed by atoms with Crippen molar-refractivity contribution in [2.75, 3.05) is 6.61 Å². The Balaban J connectivity index is 3.07. The van der Waals surface area contributed by atoms with Gasteiger partial charge in [-0.15, -0.1) is 0 Å². The fraction of sp³-hybridized carbons (Fsp3) is 0.684. The molecule has 3 N–H and O–H groups in total. The topological polar surface area (TPSA) is 55.5 Å². The number of benzene rings is 1. The van der Waals surface area contributed by atoms with E-state index < -0.39 is 6.10 Å². The largest absolute Gasteiger partial charge is 0.494 e. The number of hydrogen-bond donors (Lipinski definition) is 2. The predicted molar refractivity (Wildman–Crippen MR) is 93.6 cm³/mol. The molecule has 3 heteroatoms. The molecule has 3 atom stereocenters. The van der Waals surface area contributed by atoms with Crippen molar-refractivity contribution in [1.82, 2.24) is 0 Å². The van der Waals surface area contributed by atoms with Crippen LogP contribution in [0.1, 0.15) is 71.4 Å². The number of nitrogens with two attached hydrogens (primary N) is 1. The van der Waals surface area contributed by atoms with Crippen molar-refractivity contribution >= 4 is 0 Å². The Kier molecular flexibility index (Phi) is 6.89. The summed E-state index contributed by atoms with van der Waals surface area (Å²) in [4.78, 5) is 0. The van der Waals surface area contributed by atoms with Crippen molar-refractivity contribution in [2.45, 2.75) is 77.9 Å². The fourth-order valence-electron chi connectivity index (χ4n) is 2.62. The van der Waals surface area contributed by atoms with Gasteiger partial charge in [-0.2, -0.15) is 0 Å². The summed E-state index contributed by atoms with van der Waals surface area (Å²) in [5.74, 6) is 1.12. The summed E-state index contributed by atoms with van der Waals surface area (Å²) >= 11 is 0. The Bertz CT molecular complexity index is 465. The van der Waals surface area contributed by atoms with E-state index in [-0.39, 0.29) is 17.4 Å². The summed E-state index contributed by atoms with van der Waals surface area (Å²) in [6, 6.07) is 6.25. The molecule has 1 aromatic rings. The van der Waals surface area contributed by atoms with E-state index in [1.165, 1.54) is 5.56 Å². The van der Waals surface area contributed by atoms with Crippen LogP contribution >= 0.6 is 0 Å². The minimum atomic E-state index is -0.479. The van der Waals surface area contributed by atoms with Crippen molar-refractivity contribution in [3.8, 4) is 5.75 Å². The molecule has 0 aromatic heterocycles. The zero-order valence-electron chi connectivity index (χ0n) is 15.0. The highest BCUT2D eigenvalue weighted by Gasteiger charge is 2.22. The van der Waals surface area contributed by atoms with Gasteiger partial charge in [0.15, 0.2) is 0 Å². The van der Waals surface area contributed by atoms with Crippen molar-refractivity contribution in [3.63, 3.8) is 0 Å². The molecule has 0 amide bonds. The molecule has 3 unspecified atom stereocenters. The molecule has 3 nitrogen and oxygen atoms in total. The second-order valence-corrected chi connectivity index (χ2v) is 7.21. The Hall–Kier alpha value is -1.06. The number of ether oxygens (including phenoxy) is 1. The molecule has 1 aromatic carbocycles. The maximum Gasteiger partial charge on any atom is 0.122 e. The van der Waals surface area contributed by atoms with Crippen LogP contribution < -0.4 is 10.5 Å². The van der Waals surface area contributed by atoms with Crippen LogP contribution in [0, 0.1) is 0 Å². The lowest BCUT2D eigenvalue weighted by molar-refractivity contribution is 0.126. The molecule has 0 fully saturated rings. The second kappa shape index (κ2) is 7.98. The van der Waals surface area contributed by atoms with Gasteiger partial charge in [0.1, 0.15) is 5.75 Å². The molecular formula is C19H33NO2. The van der Waals surface area contributed by atoms with Crippen molar-refractivity contribution in [1.29, 1.82) is 0 Å². The zero-order chi connectivity index (χ0) is 16.9. The van der Waals surface area contributed by atoms with Crippen LogP contribution in [0.25, 0.3) is 0 Å². The highest BCUT2D eigenvalue weighted by atomic mass is 16.5. The van der Waals surface area contributed by atoms with E-state index in [1.54, 1.807) is 0 Å². The van der Waals surface area contributed by atoms with Gasteiger partial charge in [-0.05, 0) is 48.3 Å². The third-order valence-electron chi connectivity index (χ3n) is 4.27. The smallest absolute Gasteiger partial charge is 0.122 e. The van der Waals surface area contributed by atoms with Crippen LogP contribution in [-0.4, -0.2) is 23.9 Å². The maximum atomic E-state index is 10.2. The van der Waals surface area contributed by atoms with Gasteiger partial charge in [0.2, 0.25) is 0 Å². The summed E-state index contributed by atoms with van der Waals surface area (Å²) in [6.07, 6.45) is 0.962. The minimum Gasteiger partial charge on any atom is -0.494 e. The number of rotatable bonds is 7. The van der Waals surface area contributed by atoms with Gasteiger partial charge in [0.25, 0.3) is 0 Å². The summed E-state index contributed by atoms with van der Waals surface area (Å²) in [5.41, 5.74) is 8.50. The Morgan fingerprint density at radius 2 is 1.86 bits per heavy atom. The highest BCUT2D eigenvalue weighted by molar-refractivity contribution is 5.41. The lowest BCUT2D eigenvalue weighted by atomic mass is 9.83. The first-order valence-electron chi connectivity index (χ1n) is 8.41. The SMILES string of the molecule is CCOc1ccc(C(C)(C)C)cc1C(C)CC(O)C(N)CC. The fourth-order valence-corrected chi connectivity index (χ4v) is 2.62. The van der Waals surface area contributed by atoms with Crippen molar-refractivity contribution in [2.24, 2.45) is 5.73 Å². The van der Waals surface area contributed by atoms with Crippen molar-refractivity contribution < 1.29 is 9.84 Å². The number of aliphatic hydroxyl groups excluding tert-OH is 1. The molecule has 0 aliphatic carbocycles. The molecule has 0 saturated carbocycles. The average Bonchev–Trinajstić information content (AvgIpc) is 2.45. The molecule has 1 rings (SSSR count). The molecule has 126 valence electrons. The molecule has 0 aliphatic heterocycles. The molecule has 0 saturated heterocycles. The van der Waals surface area contributed by atoms with E-state index in [1.807, 2.05) is 13.8 Å². The van der Waals surface area contributed by atoms with Crippen molar-refractivity contribution in [3.05, 3.63) is 29.3 Å². The van der Waals surface area contributed by atoms with E-state index in [2.05, 4.69) is 45.9 Å². The van der Waals surface area contributed by atoms with Gasteiger partial charge in [-0.25, -0.2) is 0 Å². The van der Waals surface area contributed by atoms with Gasteiger partial charge in [-0.1, -0.05) is 46.8 Å². The zero-order valence-corrected chi connectivity index (χ0v) is 15.0. The molecule has 0 radical (unpaired) electrons. The van der Waals surface area contributed by atoms with Crippen LogP contribution in [0.5, 0.6) is 5.75 Å². The first kappa shape index (κ1) is 19.0. The van der Waals surface area contributed by atoms with E-state index >= 15 is 0 Å². The number of aliphatic hydroxyl groups is 1. The first-order valence-corrected chi connectivity index (χ1v) is 8.41. The standard InChI is InChI=1S/C19H33NO2/c1-7-16(20)17(21)11-13(3)15-12-14(19(4,5)6)9-10-18(15)22-8-2/h9-10,12-13,16-17,21H,7-8,11,20H2,1-6H3. The summed E-state index contributed by atoms with van der Waals surface area (Å²) in [7, 11) is 0. The molecule has 22 heavy (non-hydrogen) atoms. The third kappa shape index (κ3) is 4.99. The molecule has 0 heterocycles. The molecule has 0 aliphatic rings. The molecule has 0 spiro atoms. The number of hydrogen-bond acceptors (Lipinski definition) is 3. The van der Waals surface area contributed by atoms with Gasteiger partial charge >= 0.3 is 0 Å². The Morgan fingerprint density at radius 3 is 2.36 bits per heavy atom. The first-order chi connectivity index (χ1) is 10.2. The monoisotopic (exact) mass is 307 g/mol. The molecular weight excluding hydrogens is 274 g/mol. The van der Waals surface area contributed by atoms with Gasteiger partial charge in [0.05, 0.1) is 12.7 Å². The second-order valence-electron chi connectivity index (χ2n) is 7.21. The van der Waals surface area contributed by atoms with Gasteiger partial charge in [0, 0.05) is 6.04 Å². The quantitative estimate of drug-likeness (QED) is 0.801. The van der Waals surface area contributed by atoms with Crippen LogP contribution in [0.2, 0.25) is 0 Å². The van der Waals surface area contributed by atoms with E-state index in [0.29, 0.717) is 13.0 Å². The van der Waals surface area contributed by atoms with E-state index in [0.717, 1.165) is 17.7 Å². The Labute approximate surface area is 135 Å². The van der Waals surface area contributed by atoms with Crippen LogP contribution in [-0.2, 0) is 5.41 Å².